The van der Waals surface area contributed by atoms with Crippen molar-refractivity contribution in [2.45, 2.75) is 92.0 Å². The molecule has 2 aromatic carbocycles. The van der Waals surface area contributed by atoms with Crippen molar-refractivity contribution < 1.29 is 129 Å². The van der Waals surface area contributed by atoms with Crippen molar-refractivity contribution in [2.24, 2.45) is 20.0 Å². The minimum Gasteiger partial charge on any atom is -1.00 e. The van der Waals surface area contributed by atoms with Crippen molar-refractivity contribution in [3.05, 3.63) is 99.1 Å². The molecule has 2 aliphatic carbocycles. The van der Waals surface area contributed by atoms with E-state index in [1.807, 2.05) is 38.5 Å². The molecule has 6 aromatic rings. The van der Waals surface area contributed by atoms with Gasteiger partial charge in [0.1, 0.15) is 6.61 Å². The number of fused-ring (bicyclic) bond motifs is 8. The maximum atomic E-state index is 13.0. The van der Waals surface area contributed by atoms with Crippen LogP contribution < -0.4 is 135 Å². The molecule has 0 fully saturated rings. The molecule has 2 N–H and O–H groups in total. The second-order valence-electron chi connectivity index (χ2n) is 16.0. The van der Waals surface area contributed by atoms with Crippen molar-refractivity contribution in [3.8, 4) is 11.5 Å². The predicted octanol–water partition coefficient (Wildman–Crippen LogP) is 1.28. The summed E-state index contributed by atoms with van der Waals surface area (Å²) in [5.74, 6) is 1.46. The van der Waals surface area contributed by atoms with Crippen LogP contribution in [0.5, 0.6) is 11.5 Å². The number of halogens is 3. The van der Waals surface area contributed by atoms with Crippen molar-refractivity contribution in [1.29, 1.82) is 0 Å². The Kier molecular flexibility index (Phi) is 22.3. The molecule has 0 amide bonds. The van der Waals surface area contributed by atoms with Crippen LogP contribution in [0.4, 0.5) is 0 Å². The van der Waals surface area contributed by atoms with Crippen LogP contribution in [0.1, 0.15) is 87.3 Å². The van der Waals surface area contributed by atoms with E-state index in [0.717, 1.165) is 123 Å². The van der Waals surface area contributed by atoms with E-state index in [9.17, 15) is 24.3 Å². The van der Waals surface area contributed by atoms with Gasteiger partial charge >= 0.3 is 103 Å². The first-order valence-electron chi connectivity index (χ1n) is 20.2. The van der Waals surface area contributed by atoms with E-state index in [1.54, 1.807) is 17.7 Å². The Hall–Kier alpha value is -1.36. The Morgan fingerprint density at radius 3 is 1.78 bits per heavy atom. The third-order valence-corrected chi connectivity index (χ3v) is 12.7. The van der Waals surface area contributed by atoms with Crippen molar-refractivity contribution >= 4 is 89.2 Å². The van der Waals surface area contributed by atoms with Gasteiger partial charge in [0.2, 0.25) is 5.56 Å². The summed E-state index contributed by atoms with van der Waals surface area (Å²) >= 11 is 12.8. The number of hydrogen-bond acceptors (Lipinski definition) is 9. The number of carbonyl (C=O) groups excluding carboxylic acids is 1. The number of ether oxygens (including phenoxy) is 1. The Bertz CT molecular complexity index is 2880. The normalized spacial score (nSPS) is 14.4. The molecule has 13 nitrogen and oxygen atoms in total. The number of nitrogens with one attached hydrogen (secondary N) is 1. The van der Waals surface area contributed by atoms with Crippen LogP contribution in [-0.4, -0.2) is 47.5 Å². The summed E-state index contributed by atoms with van der Waals surface area (Å²) < 4.78 is 11.2. The van der Waals surface area contributed by atoms with Gasteiger partial charge in [0.05, 0.1) is 33.4 Å². The van der Waals surface area contributed by atoms with Crippen LogP contribution in [0.3, 0.4) is 0 Å². The number of carbonyl (C=O) groups is 1. The number of rotatable bonds is 2. The van der Waals surface area contributed by atoms with Gasteiger partial charge < -0.3 is 35.5 Å². The van der Waals surface area contributed by atoms with Crippen LogP contribution in [-0.2, 0) is 49.5 Å². The van der Waals surface area contributed by atoms with Gasteiger partial charge in [-0.15, -0.1) is 23.2 Å². The standard InChI is InChI=1S/C21H22N2O3.C18H18N2O3.C4H9Br.CH2Cl2.CH2O3.2K.H/c1-11-8-17(24)23-12(2)10-26-20-18-16(9-15(11)19(20)23)13-6-4-5-7-14(13)21(25)22(18)3;1-9-7-14(21)19-15-12(9)8-13-10-5-3-4-6-11(10)18(23)20(2)16(13)17(15)22;1-4(2)3-5;2-1-3;2-1-4-3;;;/h8-9,12H,4-7,10H2,1-3H3;7-8,22H,3-6H2,1-2H3,(H,19,21);4H,3H2,1-2H3;1H2;1,3H;;;/q;;;;;2*+1;-1/p-1. The van der Waals surface area contributed by atoms with Crippen LogP contribution in [0.2, 0.25) is 0 Å². The molecule has 9 rings (SSSR count). The average Bonchev–Trinajstić information content (AvgIpc) is 3.24. The van der Waals surface area contributed by atoms with E-state index >= 15 is 0 Å². The zero-order valence-electron chi connectivity index (χ0n) is 38.5. The van der Waals surface area contributed by atoms with Gasteiger partial charge in [-0.3, -0.25) is 28.5 Å². The van der Waals surface area contributed by atoms with Gasteiger partial charge in [-0.2, -0.15) is 0 Å². The second kappa shape index (κ2) is 25.1. The molecule has 0 radical (unpaired) electrons. The fourth-order valence-electron chi connectivity index (χ4n) is 8.62. The smallest absolute Gasteiger partial charge is 1.00 e. The number of phenolic OH excluding ortho intramolecular Hbond substituents is 1. The number of aromatic hydroxyl groups is 1. The molecule has 330 valence electrons. The molecule has 0 saturated carbocycles. The summed E-state index contributed by atoms with van der Waals surface area (Å²) in [4.78, 5) is 63.9. The van der Waals surface area contributed by atoms with Gasteiger partial charge in [0.15, 0.2) is 11.5 Å². The molecular formula is C45H53BrCl2K2N4O9. The monoisotopic (exact) mass is 1020 g/mol. The topological polar surface area (TPSA) is 178 Å². The fraction of sp³-hybridized carbons (Fsp3) is 0.444. The fourth-order valence-corrected chi connectivity index (χ4v) is 8.62. The zero-order chi connectivity index (χ0) is 44.9. The first kappa shape index (κ1) is 56.0. The molecule has 0 spiro atoms. The molecular weight excluding hydrogens is 970 g/mol. The number of H-pyrrole nitrogens is 1. The molecule has 1 atom stereocenters. The number of phenols is 1. The Morgan fingerprint density at radius 2 is 1.29 bits per heavy atom. The third-order valence-electron chi connectivity index (χ3n) is 11.4. The Labute approximate surface area is 470 Å². The average molecular weight is 1020 g/mol. The maximum Gasteiger partial charge on any atom is 1.00 e. The van der Waals surface area contributed by atoms with Crippen molar-refractivity contribution in [2.75, 3.05) is 17.3 Å². The van der Waals surface area contributed by atoms with Gasteiger partial charge in [0, 0.05) is 64.2 Å². The van der Waals surface area contributed by atoms with Crippen LogP contribution in [0.25, 0.3) is 43.6 Å². The van der Waals surface area contributed by atoms with Crippen LogP contribution in [0.15, 0.2) is 43.4 Å². The largest absolute Gasteiger partial charge is 1.00 e. The minimum atomic E-state index is -0.257. The number of pyridine rings is 4. The predicted molar refractivity (Wildman–Crippen MR) is 246 cm³/mol. The molecule has 1 unspecified atom stereocenters. The summed E-state index contributed by atoms with van der Waals surface area (Å²) in [6.07, 6.45) is 7.69. The van der Waals surface area contributed by atoms with Crippen LogP contribution in [0, 0.1) is 19.8 Å². The molecule has 0 saturated heterocycles. The van der Waals surface area contributed by atoms with E-state index in [-0.39, 0.29) is 150 Å². The summed E-state index contributed by atoms with van der Waals surface area (Å²) in [5.41, 5.74) is 8.15. The van der Waals surface area contributed by atoms with E-state index in [0.29, 0.717) is 23.4 Å². The number of alkyl halides is 3. The van der Waals surface area contributed by atoms with Crippen molar-refractivity contribution in [3.63, 3.8) is 0 Å². The molecule has 3 aliphatic rings. The first-order valence-corrected chi connectivity index (χ1v) is 22.4. The number of benzene rings is 2. The number of aromatic amines is 1. The van der Waals surface area contributed by atoms with Gasteiger partial charge in [-0.1, -0.05) is 29.8 Å². The minimum absolute atomic E-state index is 0. The molecule has 5 heterocycles. The third kappa shape index (κ3) is 11.9. The van der Waals surface area contributed by atoms with Gasteiger partial charge in [-0.25, -0.2) is 0 Å². The maximum absolute atomic E-state index is 13.0. The molecule has 18 heteroatoms. The quantitative estimate of drug-likeness (QED) is 0.0647. The molecule has 0 bridgehead atoms. The van der Waals surface area contributed by atoms with E-state index < -0.39 is 0 Å². The van der Waals surface area contributed by atoms with E-state index in [1.165, 1.54) is 16.2 Å². The Morgan fingerprint density at radius 1 is 0.841 bits per heavy atom. The van der Waals surface area contributed by atoms with E-state index in [2.05, 4.69) is 45.7 Å². The number of aryl methyl sites for hydroxylation is 6. The molecule has 4 aromatic heterocycles. The molecule has 1 aliphatic heterocycles. The summed E-state index contributed by atoms with van der Waals surface area (Å²) in [5, 5.41) is 24.4. The van der Waals surface area contributed by atoms with Crippen LogP contribution >= 0.6 is 39.1 Å². The number of aromatic nitrogens is 4. The number of hydrogen-bond donors (Lipinski definition) is 2. The Balaban J connectivity index is 0.000000341. The summed E-state index contributed by atoms with van der Waals surface area (Å²) in [6, 6.07) is 7.39. The summed E-state index contributed by atoms with van der Waals surface area (Å²) in [7, 11) is 3.50. The number of nitrogens with zero attached hydrogens (tertiary/aromatic N) is 3. The SMILES string of the molecule is CC(C)CBr.Cc1cc(=O)[nH]c2c(O)c3c(cc12)c1c(c(=O)n3C)CCCC1.Cc1cc(=O)n2c3c(c4c(cc13)c1c(c(=O)n4C)CCCC1)OCC2C.ClCCl.O=CO[O-].[H-].[K+].[K+]. The molecule has 63 heavy (non-hydrogen) atoms. The van der Waals surface area contributed by atoms with Crippen molar-refractivity contribution in [1.82, 2.24) is 18.7 Å². The van der Waals surface area contributed by atoms with Gasteiger partial charge in [-0.05, 0) is 112 Å². The van der Waals surface area contributed by atoms with Gasteiger partial charge in [0.25, 0.3) is 23.2 Å². The van der Waals surface area contributed by atoms with E-state index in [4.69, 9.17) is 38.0 Å². The first-order chi connectivity index (χ1) is 29.1. The zero-order valence-corrected chi connectivity index (χ0v) is 46.9. The summed E-state index contributed by atoms with van der Waals surface area (Å²) in [6.45, 7) is 10.4. The second-order valence-corrected chi connectivity index (χ2v) is 17.4.